The van der Waals surface area contributed by atoms with Gasteiger partial charge in [-0.25, -0.2) is 0 Å². The summed E-state index contributed by atoms with van der Waals surface area (Å²) in [5.74, 6) is 0. The van der Waals surface area contributed by atoms with Crippen molar-refractivity contribution >= 4 is 17.3 Å². The van der Waals surface area contributed by atoms with E-state index in [1.54, 1.807) is 6.07 Å². The minimum Gasteiger partial charge on any atom is -0.258 e. The van der Waals surface area contributed by atoms with Crippen molar-refractivity contribution in [2.75, 3.05) is 0 Å². The van der Waals surface area contributed by atoms with Gasteiger partial charge in [0.1, 0.15) is 11.6 Å². The number of alkyl halides is 3. The van der Waals surface area contributed by atoms with E-state index >= 15 is 0 Å². The van der Waals surface area contributed by atoms with Gasteiger partial charge in [0.2, 0.25) is 0 Å². The van der Waals surface area contributed by atoms with Gasteiger partial charge >= 0.3 is 6.18 Å². The minimum absolute atomic E-state index is 0.0396. The second-order valence-corrected chi connectivity index (χ2v) is 4.56. The quantitative estimate of drug-likeness (QED) is 0.611. The molecular weight excluding hydrogens is 323 g/mol. The molecule has 0 amide bonds. The van der Waals surface area contributed by atoms with Crippen LogP contribution in [-0.2, 0) is 6.18 Å². The summed E-state index contributed by atoms with van der Waals surface area (Å²) in [5, 5.41) is 19.4. The summed E-state index contributed by atoms with van der Waals surface area (Å²) < 4.78 is 37.6. The van der Waals surface area contributed by atoms with Crippen molar-refractivity contribution in [3.05, 3.63) is 56.7 Å². The molecule has 9 heteroatoms. The summed E-state index contributed by atoms with van der Waals surface area (Å²) in [7, 11) is 0. The number of nitriles is 1. The van der Waals surface area contributed by atoms with E-state index in [1.165, 1.54) is 12.1 Å². The Hall–Kier alpha value is -2.66. The van der Waals surface area contributed by atoms with Crippen molar-refractivity contribution < 1.29 is 18.1 Å². The fourth-order valence-corrected chi connectivity index (χ4v) is 2.01. The lowest BCUT2D eigenvalue weighted by Crippen LogP contribution is -2.05. The highest BCUT2D eigenvalue weighted by Crippen LogP contribution is 2.35. The second-order valence-electron chi connectivity index (χ2n) is 4.15. The molecule has 1 aromatic carbocycles. The number of hydrogen-bond acceptors (Lipinski definition) is 4. The maximum Gasteiger partial charge on any atom is 0.417 e. The third kappa shape index (κ3) is 2.99. The van der Waals surface area contributed by atoms with E-state index in [4.69, 9.17) is 16.9 Å². The van der Waals surface area contributed by atoms with E-state index in [0.29, 0.717) is 12.3 Å². The summed E-state index contributed by atoms with van der Waals surface area (Å²) >= 11 is 5.78. The maximum absolute atomic E-state index is 12.5. The Morgan fingerprint density at radius 1 is 1.32 bits per heavy atom. The molecule has 0 bridgehead atoms. The van der Waals surface area contributed by atoms with Crippen LogP contribution in [0.1, 0.15) is 11.1 Å². The number of aromatic nitrogens is 1. The number of pyridine rings is 1. The lowest BCUT2D eigenvalue weighted by molar-refractivity contribution is -0.385. The van der Waals surface area contributed by atoms with Gasteiger partial charge in [0.15, 0.2) is 0 Å². The molecule has 0 saturated heterocycles. The van der Waals surface area contributed by atoms with Gasteiger partial charge in [0.25, 0.3) is 5.69 Å². The standard InChI is InChI=1S/C13H5ClF3N3O2/c14-10-4-9(13(15,16)17)6-19-12(10)7-1-2-8(5-18)11(3-7)20(21)22/h1-4,6H. The third-order valence-electron chi connectivity index (χ3n) is 2.76. The van der Waals surface area contributed by atoms with Crippen molar-refractivity contribution in [2.24, 2.45) is 0 Å². The van der Waals surface area contributed by atoms with Crippen LogP contribution in [0.25, 0.3) is 11.3 Å². The zero-order chi connectivity index (χ0) is 16.5. The molecule has 1 heterocycles. The molecule has 0 N–H and O–H groups in total. The van der Waals surface area contributed by atoms with E-state index in [1.807, 2.05) is 0 Å². The third-order valence-corrected chi connectivity index (χ3v) is 3.04. The number of nitro groups is 1. The summed E-state index contributed by atoms with van der Waals surface area (Å²) in [4.78, 5) is 13.7. The number of nitrogens with zero attached hydrogens (tertiary/aromatic N) is 3. The monoisotopic (exact) mass is 327 g/mol. The van der Waals surface area contributed by atoms with Crippen LogP contribution in [0.3, 0.4) is 0 Å². The van der Waals surface area contributed by atoms with Crippen LogP contribution in [-0.4, -0.2) is 9.91 Å². The van der Waals surface area contributed by atoms with Crippen molar-refractivity contribution in [1.82, 2.24) is 4.98 Å². The molecule has 0 unspecified atom stereocenters. The molecule has 2 rings (SSSR count). The van der Waals surface area contributed by atoms with Crippen molar-refractivity contribution in [3.63, 3.8) is 0 Å². The van der Waals surface area contributed by atoms with Gasteiger partial charge in [-0.3, -0.25) is 15.1 Å². The highest BCUT2D eigenvalue weighted by atomic mass is 35.5. The lowest BCUT2D eigenvalue weighted by Gasteiger charge is -2.09. The number of halogens is 4. The van der Waals surface area contributed by atoms with Gasteiger partial charge in [0, 0.05) is 17.8 Å². The average Bonchev–Trinajstić information content (AvgIpc) is 2.45. The van der Waals surface area contributed by atoms with E-state index < -0.39 is 22.4 Å². The molecular formula is C13H5ClF3N3O2. The minimum atomic E-state index is -4.59. The van der Waals surface area contributed by atoms with Crippen molar-refractivity contribution in [3.8, 4) is 17.3 Å². The maximum atomic E-state index is 12.5. The molecule has 1 aromatic heterocycles. The van der Waals surface area contributed by atoms with Crippen molar-refractivity contribution in [1.29, 1.82) is 5.26 Å². The fourth-order valence-electron chi connectivity index (χ4n) is 1.73. The van der Waals surface area contributed by atoms with E-state index in [9.17, 15) is 23.3 Å². The fraction of sp³-hybridized carbons (Fsp3) is 0.0769. The van der Waals surface area contributed by atoms with Crippen LogP contribution < -0.4 is 0 Å². The molecule has 112 valence electrons. The van der Waals surface area contributed by atoms with Crippen LogP contribution in [0, 0.1) is 21.4 Å². The van der Waals surface area contributed by atoms with Gasteiger partial charge in [0.05, 0.1) is 21.2 Å². The van der Waals surface area contributed by atoms with Crippen LogP contribution in [0.2, 0.25) is 5.02 Å². The first-order valence-corrected chi connectivity index (χ1v) is 6.03. The second kappa shape index (κ2) is 5.61. The first-order chi connectivity index (χ1) is 10.2. The molecule has 0 saturated carbocycles. The molecule has 0 radical (unpaired) electrons. The predicted octanol–water partition coefficient (Wildman–Crippen LogP) is 4.20. The summed E-state index contributed by atoms with van der Waals surface area (Å²) in [6, 6.07) is 5.90. The zero-order valence-corrected chi connectivity index (χ0v) is 11.3. The van der Waals surface area contributed by atoms with E-state index in [2.05, 4.69) is 4.98 Å². The number of hydrogen-bond donors (Lipinski definition) is 0. The van der Waals surface area contributed by atoms with Crippen LogP contribution in [0.5, 0.6) is 0 Å². The van der Waals surface area contributed by atoms with E-state index in [0.717, 1.165) is 6.07 Å². The van der Waals surface area contributed by atoms with Crippen LogP contribution in [0.15, 0.2) is 30.5 Å². The summed E-state index contributed by atoms with van der Waals surface area (Å²) in [5.41, 5.74) is -1.56. The number of nitro benzene ring substituents is 1. The Bertz CT molecular complexity index is 800. The topological polar surface area (TPSA) is 79.8 Å². The highest BCUT2D eigenvalue weighted by molar-refractivity contribution is 6.33. The molecule has 2 aromatic rings. The van der Waals surface area contributed by atoms with Gasteiger partial charge in [-0.1, -0.05) is 17.7 Å². The predicted molar refractivity (Wildman–Crippen MR) is 71.1 cm³/mol. The Kier molecular flexibility index (Phi) is 4.01. The molecule has 0 atom stereocenters. The molecule has 22 heavy (non-hydrogen) atoms. The SMILES string of the molecule is N#Cc1ccc(-c2ncc(C(F)(F)F)cc2Cl)cc1[N+](=O)[O-]. The van der Waals surface area contributed by atoms with Gasteiger partial charge in [-0.05, 0) is 12.1 Å². The lowest BCUT2D eigenvalue weighted by atomic mass is 10.1. The molecule has 0 aliphatic rings. The highest BCUT2D eigenvalue weighted by Gasteiger charge is 2.31. The largest absolute Gasteiger partial charge is 0.417 e. The number of benzene rings is 1. The first kappa shape index (κ1) is 15.7. The molecule has 0 fully saturated rings. The normalized spacial score (nSPS) is 11.0. The van der Waals surface area contributed by atoms with Gasteiger partial charge < -0.3 is 0 Å². The smallest absolute Gasteiger partial charge is 0.258 e. The summed E-state index contributed by atoms with van der Waals surface area (Å²) in [6.07, 6.45) is -4.00. The number of rotatable bonds is 2. The van der Waals surface area contributed by atoms with Crippen molar-refractivity contribution in [2.45, 2.75) is 6.18 Å². The Morgan fingerprint density at radius 3 is 2.50 bits per heavy atom. The summed E-state index contributed by atoms with van der Waals surface area (Å²) in [6.45, 7) is 0. The zero-order valence-electron chi connectivity index (χ0n) is 10.6. The molecule has 5 nitrogen and oxygen atoms in total. The van der Waals surface area contributed by atoms with Gasteiger partial charge in [-0.15, -0.1) is 0 Å². The first-order valence-electron chi connectivity index (χ1n) is 5.65. The molecule has 0 aliphatic carbocycles. The Balaban J connectivity index is 2.56. The van der Waals surface area contributed by atoms with E-state index in [-0.39, 0.29) is 21.8 Å². The van der Waals surface area contributed by atoms with Gasteiger partial charge in [-0.2, -0.15) is 18.4 Å². The van der Waals surface area contributed by atoms with Crippen LogP contribution in [0.4, 0.5) is 18.9 Å². The molecule has 0 spiro atoms. The Labute approximate surface area is 126 Å². The molecule has 0 aliphatic heterocycles. The van der Waals surface area contributed by atoms with Crippen LogP contribution >= 0.6 is 11.6 Å². The Morgan fingerprint density at radius 2 is 2.00 bits per heavy atom. The average molecular weight is 328 g/mol.